The summed E-state index contributed by atoms with van der Waals surface area (Å²) in [7, 11) is 2.08. The van der Waals surface area contributed by atoms with Gasteiger partial charge in [-0.05, 0) is 47.6 Å². The predicted octanol–water partition coefficient (Wildman–Crippen LogP) is 2.75. The Morgan fingerprint density at radius 2 is 2.21 bits per heavy atom. The molecular formula is C14H18BrFN2O. The van der Waals surface area contributed by atoms with Crippen LogP contribution in [0.4, 0.5) is 4.39 Å². The molecule has 1 aromatic carbocycles. The summed E-state index contributed by atoms with van der Waals surface area (Å²) in [5.41, 5.74) is 0.402. The Kier molecular flexibility index (Phi) is 4.58. The first kappa shape index (κ1) is 14.5. The summed E-state index contributed by atoms with van der Waals surface area (Å²) in [5.74, 6) is -0.481. The lowest BCUT2D eigenvalue weighted by atomic mass is 10.1. The van der Waals surface area contributed by atoms with Crippen LogP contribution in [0.15, 0.2) is 22.7 Å². The third-order valence-corrected chi connectivity index (χ3v) is 4.39. The summed E-state index contributed by atoms with van der Waals surface area (Å²) in [6.45, 7) is 4.37. The van der Waals surface area contributed by atoms with Gasteiger partial charge >= 0.3 is 0 Å². The van der Waals surface area contributed by atoms with E-state index in [2.05, 4.69) is 34.8 Å². The van der Waals surface area contributed by atoms with Gasteiger partial charge in [-0.2, -0.15) is 0 Å². The van der Waals surface area contributed by atoms with Crippen molar-refractivity contribution in [1.29, 1.82) is 0 Å². The molecule has 104 valence electrons. The van der Waals surface area contributed by atoms with Crippen molar-refractivity contribution in [2.75, 3.05) is 26.7 Å². The zero-order valence-corrected chi connectivity index (χ0v) is 12.8. The summed E-state index contributed by atoms with van der Waals surface area (Å²) < 4.78 is 13.9. The number of nitrogens with zero attached hydrogens (tertiary/aromatic N) is 2. The molecular weight excluding hydrogens is 311 g/mol. The fourth-order valence-electron chi connectivity index (χ4n) is 2.40. The number of piperazine rings is 1. The third kappa shape index (κ3) is 3.15. The van der Waals surface area contributed by atoms with Gasteiger partial charge in [-0.15, -0.1) is 0 Å². The molecule has 1 aliphatic rings. The van der Waals surface area contributed by atoms with Crippen LogP contribution in [0.1, 0.15) is 23.7 Å². The maximum absolute atomic E-state index is 13.3. The number of halogens is 2. The van der Waals surface area contributed by atoms with E-state index in [9.17, 15) is 9.18 Å². The number of hydrogen-bond donors (Lipinski definition) is 0. The smallest absolute Gasteiger partial charge is 0.255 e. The number of carbonyl (C=O) groups excluding carboxylic acids is 1. The highest BCUT2D eigenvalue weighted by atomic mass is 79.9. The molecule has 0 bridgehead atoms. The van der Waals surface area contributed by atoms with E-state index in [-0.39, 0.29) is 11.7 Å². The summed E-state index contributed by atoms with van der Waals surface area (Å²) in [6, 6.07) is 4.60. The molecule has 0 saturated carbocycles. The van der Waals surface area contributed by atoms with Crippen molar-refractivity contribution in [3.05, 3.63) is 34.1 Å². The maximum atomic E-state index is 13.3. The van der Waals surface area contributed by atoms with Crippen LogP contribution in [0.3, 0.4) is 0 Å². The normalized spacial score (nSPS) is 20.6. The molecule has 0 N–H and O–H groups in total. The van der Waals surface area contributed by atoms with E-state index in [4.69, 9.17) is 0 Å². The van der Waals surface area contributed by atoms with E-state index in [0.717, 1.165) is 13.0 Å². The maximum Gasteiger partial charge on any atom is 0.255 e. The molecule has 1 amide bonds. The quantitative estimate of drug-likeness (QED) is 0.833. The van der Waals surface area contributed by atoms with Crippen molar-refractivity contribution in [3.8, 4) is 0 Å². The number of benzene rings is 1. The first-order valence-corrected chi connectivity index (χ1v) is 7.26. The monoisotopic (exact) mass is 328 g/mol. The van der Waals surface area contributed by atoms with Crippen LogP contribution in [0.25, 0.3) is 0 Å². The van der Waals surface area contributed by atoms with Crippen LogP contribution in [0.2, 0.25) is 0 Å². The van der Waals surface area contributed by atoms with Crippen molar-refractivity contribution in [2.24, 2.45) is 0 Å². The average Bonchev–Trinajstić information content (AvgIpc) is 2.41. The molecule has 1 unspecified atom stereocenters. The van der Waals surface area contributed by atoms with Crippen molar-refractivity contribution < 1.29 is 9.18 Å². The lowest BCUT2D eigenvalue weighted by Gasteiger charge is -2.39. The molecule has 1 fully saturated rings. The Labute approximate surface area is 121 Å². The van der Waals surface area contributed by atoms with Crippen molar-refractivity contribution in [2.45, 2.75) is 19.4 Å². The van der Waals surface area contributed by atoms with Crippen LogP contribution < -0.4 is 0 Å². The SMILES string of the molecule is CCC1CN(C(=O)c2cc(F)ccc2Br)CCN1C. The van der Waals surface area contributed by atoms with Crippen LogP contribution in [0, 0.1) is 5.82 Å². The largest absolute Gasteiger partial charge is 0.336 e. The minimum atomic E-state index is -0.382. The van der Waals surface area contributed by atoms with Gasteiger partial charge in [0, 0.05) is 30.1 Å². The van der Waals surface area contributed by atoms with Crippen LogP contribution in [-0.4, -0.2) is 48.4 Å². The van der Waals surface area contributed by atoms with Crippen LogP contribution >= 0.6 is 15.9 Å². The third-order valence-electron chi connectivity index (χ3n) is 3.69. The zero-order chi connectivity index (χ0) is 14.0. The molecule has 0 spiro atoms. The van der Waals surface area contributed by atoms with Gasteiger partial charge in [-0.25, -0.2) is 4.39 Å². The van der Waals surface area contributed by atoms with E-state index < -0.39 is 0 Å². The second-order valence-corrected chi connectivity index (χ2v) is 5.77. The Balaban J connectivity index is 2.18. The average molecular weight is 329 g/mol. The summed E-state index contributed by atoms with van der Waals surface area (Å²) in [4.78, 5) is 16.5. The number of amides is 1. The standard InChI is InChI=1S/C14H18BrFN2O/c1-3-11-9-18(7-6-17(11)2)14(19)12-8-10(16)4-5-13(12)15/h4-5,8,11H,3,6-7,9H2,1-2H3. The summed E-state index contributed by atoms with van der Waals surface area (Å²) >= 11 is 3.32. The number of rotatable bonds is 2. The van der Waals surface area contributed by atoms with E-state index in [0.29, 0.717) is 29.2 Å². The highest BCUT2D eigenvalue weighted by Gasteiger charge is 2.27. The van der Waals surface area contributed by atoms with E-state index in [1.807, 2.05) is 4.90 Å². The second kappa shape index (κ2) is 6.01. The van der Waals surface area contributed by atoms with Gasteiger partial charge in [0.2, 0.25) is 0 Å². The van der Waals surface area contributed by atoms with Gasteiger partial charge in [-0.3, -0.25) is 9.69 Å². The van der Waals surface area contributed by atoms with Crippen molar-refractivity contribution in [3.63, 3.8) is 0 Å². The van der Waals surface area contributed by atoms with Crippen LogP contribution in [0.5, 0.6) is 0 Å². The Bertz CT molecular complexity index is 481. The molecule has 1 aromatic rings. The molecule has 1 saturated heterocycles. The van der Waals surface area contributed by atoms with Gasteiger partial charge in [0.15, 0.2) is 0 Å². The fraction of sp³-hybridized carbons (Fsp3) is 0.500. The first-order valence-electron chi connectivity index (χ1n) is 6.47. The van der Waals surface area contributed by atoms with E-state index in [1.165, 1.54) is 12.1 Å². The summed E-state index contributed by atoms with van der Waals surface area (Å²) in [5, 5.41) is 0. The number of carbonyl (C=O) groups is 1. The first-order chi connectivity index (χ1) is 9.02. The molecule has 0 aromatic heterocycles. The molecule has 1 atom stereocenters. The molecule has 0 aliphatic carbocycles. The van der Waals surface area contributed by atoms with Crippen LogP contribution in [-0.2, 0) is 0 Å². The topological polar surface area (TPSA) is 23.6 Å². The molecule has 1 aliphatic heterocycles. The Hall–Kier alpha value is -0.940. The van der Waals surface area contributed by atoms with Gasteiger partial charge in [0.1, 0.15) is 5.82 Å². The number of likely N-dealkylation sites (N-methyl/N-ethyl adjacent to an activating group) is 1. The molecule has 5 heteroatoms. The molecule has 19 heavy (non-hydrogen) atoms. The minimum absolute atomic E-state index is 0.0991. The Morgan fingerprint density at radius 3 is 2.89 bits per heavy atom. The van der Waals surface area contributed by atoms with Gasteiger partial charge in [0.25, 0.3) is 5.91 Å². The predicted molar refractivity (Wildman–Crippen MR) is 76.7 cm³/mol. The fourth-order valence-corrected chi connectivity index (χ4v) is 2.82. The molecule has 3 nitrogen and oxygen atoms in total. The number of hydrogen-bond acceptors (Lipinski definition) is 2. The van der Waals surface area contributed by atoms with E-state index in [1.54, 1.807) is 6.07 Å². The van der Waals surface area contributed by atoms with Gasteiger partial charge in [-0.1, -0.05) is 6.92 Å². The van der Waals surface area contributed by atoms with Gasteiger partial charge < -0.3 is 4.90 Å². The summed E-state index contributed by atoms with van der Waals surface area (Å²) in [6.07, 6.45) is 1.00. The van der Waals surface area contributed by atoms with Crippen molar-refractivity contribution >= 4 is 21.8 Å². The molecule has 0 radical (unpaired) electrons. The highest BCUT2D eigenvalue weighted by molar-refractivity contribution is 9.10. The lowest BCUT2D eigenvalue weighted by Crippen LogP contribution is -2.53. The zero-order valence-electron chi connectivity index (χ0n) is 11.2. The van der Waals surface area contributed by atoms with Gasteiger partial charge in [0.05, 0.1) is 5.56 Å². The minimum Gasteiger partial charge on any atom is -0.336 e. The lowest BCUT2D eigenvalue weighted by molar-refractivity contribution is 0.0540. The van der Waals surface area contributed by atoms with E-state index >= 15 is 0 Å². The molecule has 2 rings (SSSR count). The van der Waals surface area contributed by atoms with Crippen molar-refractivity contribution in [1.82, 2.24) is 9.80 Å². The highest BCUT2D eigenvalue weighted by Crippen LogP contribution is 2.21. The Morgan fingerprint density at radius 1 is 1.47 bits per heavy atom. The second-order valence-electron chi connectivity index (χ2n) is 4.92. The molecule has 1 heterocycles.